The number of hydrogen-bond donors (Lipinski definition) is 29. The lowest BCUT2D eigenvalue weighted by Crippen LogP contribution is -2.62. The monoisotopic (exact) mass is 1770 g/mol. The van der Waals surface area contributed by atoms with Crippen LogP contribution in [0.5, 0.6) is 5.75 Å². The molecule has 0 aliphatic carbocycles. The molecule has 14 atom stereocenters. The van der Waals surface area contributed by atoms with Gasteiger partial charge in [-0.3, -0.25) is 92.9 Å². The minimum Gasteiger partial charge on any atom is -0.508 e. The Bertz CT molecular complexity index is 4070. The Morgan fingerprint density at radius 3 is 1.73 bits per heavy atom. The van der Waals surface area contributed by atoms with Crippen LogP contribution in [0.15, 0.2) is 67.1 Å². The second-order valence-electron chi connectivity index (χ2n) is 28.2. The number of carboxylic acid groups (broad SMARTS) is 1. The number of hydrogen-bond acceptors (Lipinski definition) is 26. The SMILES string of the molecule is CC[C@H](C)[C@@H]1NC(=O)[C@@H](CCCNC(=N)N)NC(=O)[C@H](CC(=O)O)NC(=O)[C@@H](C)NC(=O)[C@H](CCCNC(=N)N)NC(=O)CNC(=O)CNC(=O)[C@@H](Cc2ccccc2)NC(=O)[C@H](Cc2cnc[nH]2)NC(=O)[C@@H](NC(=O)[C@@H](N)CCSC)CSSC[C@H](C(=O)N[C@@H](Cc2ccc(O)cc2)C(=O)N[C@@H](CCCNC(=N)N)C(N)=O)NC(=O)[C@@H](CO)NC1=O. The van der Waals surface area contributed by atoms with Gasteiger partial charge in [-0.15, -0.1) is 0 Å². The van der Waals surface area contributed by atoms with Crippen LogP contribution in [0.3, 0.4) is 0 Å². The smallest absolute Gasteiger partial charge is 0.305 e. The number of phenolic OH excluding ortho intramolecular Hbond substituents is 1. The van der Waals surface area contributed by atoms with Gasteiger partial charge < -0.3 is 139 Å². The van der Waals surface area contributed by atoms with E-state index in [4.69, 9.17) is 44.9 Å². The summed E-state index contributed by atoms with van der Waals surface area (Å²) in [7, 11) is 1.59. The molecular weight excluding hydrogens is 1660 g/mol. The summed E-state index contributed by atoms with van der Waals surface area (Å²) in [6, 6.07) is -7.75. The number of primary amides is 1. The van der Waals surface area contributed by atoms with E-state index in [-0.39, 0.29) is 108 Å². The van der Waals surface area contributed by atoms with Crippen LogP contribution < -0.4 is 119 Å². The van der Waals surface area contributed by atoms with E-state index >= 15 is 4.79 Å². The standard InChI is InChI=1S/C73H113N27O19S3/c1-5-37(2)57-70(119)97-51(33-101)67(116)99-53(69(118)95-48(27-40-17-19-42(102)20-18-40)64(113)91-44(58(75)107)14-9-22-83-71(76)77)35-122-121-34-52(98-60(109)43(74)21-25-120-4)68(117)96-49(28-41-30-82-36-88-41)65(114)94-47(26-39-12-7-6-8-13-39)61(110)87-31-54(103)86-32-55(104)90-45(15-10-23-84-72(78)79)62(111)89-38(3)59(108)93-50(29-56(105)106)66(115)92-46(63(112)100-57)16-11-24-85-73(80)81/h6-8,12-13,17-20,30,36-38,43-53,57,101-102H,5,9-11,14-16,21-29,31-35,74H2,1-4H3,(H2,75,107)(H,82,88)(H,86,103)(H,87,110)(H,89,111)(H,90,104)(H,91,113)(H,92,115)(H,93,108)(H,94,114)(H,95,118)(H,96,117)(H,97,119)(H,98,109)(H,99,116)(H,100,112)(H,105,106)(H4,76,77,83)(H4,78,79,84)(H4,80,81,85)/t37-,38+,43-,44-,45-,46+,47+,48-,49-,50-,51+,52-,53+,57-/m0/s1. The molecule has 122 heavy (non-hydrogen) atoms. The second-order valence-corrected chi connectivity index (χ2v) is 31.7. The van der Waals surface area contributed by atoms with Crippen molar-refractivity contribution < 1.29 is 92.0 Å². The molecule has 34 N–H and O–H groups in total. The second kappa shape index (κ2) is 54.1. The molecule has 1 aromatic heterocycles. The van der Waals surface area contributed by atoms with E-state index in [0.717, 1.165) is 28.5 Å². The van der Waals surface area contributed by atoms with Crippen molar-refractivity contribution in [1.82, 2.24) is 100 Å². The van der Waals surface area contributed by atoms with Crippen LogP contribution in [-0.2, 0) is 96.0 Å². The number of phenols is 1. The zero-order chi connectivity index (χ0) is 90.5. The summed E-state index contributed by atoms with van der Waals surface area (Å²) in [5.74, 6) is -20.5. The Hall–Kier alpha value is -12.2. The number of aliphatic hydroxyl groups excluding tert-OH is 1. The number of guanidine groups is 3. The Morgan fingerprint density at radius 2 is 1.14 bits per heavy atom. The molecule has 1 aliphatic heterocycles. The number of aromatic hydroxyl groups is 1. The molecule has 0 spiro atoms. The van der Waals surface area contributed by atoms with Crippen LogP contribution in [0.2, 0.25) is 0 Å². The van der Waals surface area contributed by atoms with E-state index in [1.807, 2.05) is 0 Å². The number of H-pyrrole nitrogens is 1. The summed E-state index contributed by atoms with van der Waals surface area (Å²) in [6.07, 6.45) is 2.01. The molecule has 3 aromatic rings. The number of aliphatic hydroxyl groups is 1. The number of nitrogens with two attached hydrogens (primary N) is 5. The first-order valence-electron chi connectivity index (χ1n) is 38.7. The van der Waals surface area contributed by atoms with E-state index < -0.39 is 229 Å². The third kappa shape index (κ3) is 38.4. The molecular formula is C73H113N27O19S3. The van der Waals surface area contributed by atoms with Gasteiger partial charge in [-0.1, -0.05) is 84.3 Å². The van der Waals surface area contributed by atoms with Gasteiger partial charge in [0.1, 0.15) is 78.3 Å². The number of rotatable bonds is 33. The summed E-state index contributed by atoms with van der Waals surface area (Å²) in [4.78, 5) is 233. The zero-order valence-electron chi connectivity index (χ0n) is 67.7. The highest BCUT2D eigenvalue weighted by atomic mass is 33.1. The topological polar surface area (TPSA) is 769 Å². The van der Waals surface area contributed by atoms with Crippen LogP contribution in [0.25, 0.3) is 0 Å². The third-order valence-corrected chi connectivity index (χ3v) is 21.5. The van der Waals surface area contributed by atoms with Crippen molar-refractivity contribution in [3.63, 3.8) is 0 Å². The van der Waals surface area contributed by atoms with Crippen molar-refractivity contribution in [1.29, 1.82) is 16.2 Å². The number of carbonyl (C=O) groups is 16. The van der Waals surface area contributed by atoms with E-state index in [0.29, 0.717) is 16.9 Å². The average Bonchev–Trinajstić information content (AvgIpc) is 1.06. The normalized spacial score (nSPS) is 21.8. The molecule has 1 aliphatic rings. The van der Waals surface area contributed by atoms with Crippen molar-refractivity contribution in [3.05, 3.63) is 83.9 Å². The summed E-state index contributed by atoms with van der Waals surface area (Å²) >= 11 is 1.37. The fraction of sp³-hybridized carbons (Fsp3) is 0.534. The maximum Gasteiger partial charge on any atom is 0.305 e. The third-order valence-electron chi connectivity index (χ3n) is 18.5. The fourth-order valence-corrected chi connectivity index (χ4v) is 14.3. The number of nitrogens with zero attached hydrogens (tertiary/aromatic N) is 1. The number of thioether (sulfide) groups is 1. The van der Waals surface area contributed by atoms with Crippen molar-refractivity contribution in [3.8, 4) is 5.75 Å². The number of aromatic amines is 1. The number of amides is 15. The van der Waals surface area contributed by atoms with Crippen molar-refractivity contribution in [2.45, 2.75) is 176 Å². The van der Waals surface area contributed by atoms with Gasteiger partial charge in [-0.2, -0.15) is 11.8 Å². The van der Waals surface area contributed by atoms with Gasteiger partial charge in [0.15, 0.2) is 17.9 Å². The number of carboxylic acids is 1. The Kier molecular flexibility index (Phi) is 45.3. The van der Waals surface area contributed by atoms with Gasteiger partial charge in [0.05, 0.1) is 38.5 Å². The van der Waals surface area contributed by atoms with Gasteiger partial charge in [0.2, 0.25) is 88.6 Å². The highest BCUT2D eigenvalue weighted by Gasteiger charge is 2.39. The molecule has 0 saturated carbocycles. The van der Waals surface area contributed by atoms with Crippen LogP contribution in [0.4, 0.5) is 0 Å². The first kappa shape index (κ1) is 102. The maximum atomic E-state index is 15.1. The Balaban J connectivity index is 1.93. The first-order valence-corrected chi connectivity index (χ1v) is 42.6. The van der Waals surface area contributed by atoms with E-state index in [1.54, 1.807) is 43.5 Å². The van der Waals surface area contributed by atoms with Gasteiger partial charge in [-0.05, 0) is 93.1 Å². The molecule has 2 aromatic carbocycles. The number of carbonyl (C=O) groups excluding carboxylic acids is 15. The minimum atomic E-state index is -2.02. The minimum absolute atomic E-state index is 0.00888. The summed E-state index contributed by atoms with van der Waals surface area (Å²) in [6.45, 7) is 1.35. The molecule has 2 heterocycles. The molecule has 672 valence electrons. The van der Waals surface area contributed by atoms with Gasteiger partial charge in [-0.25, -0.2) is 4.98 Å². The van der Waals surface area contributed by atoms with Crippen molar-refractivity contribution >= 4 is 146 Å². The predicted molar refractivity (Wildman–Crippen MR) is 450 cm³/mol. The average molecular weight is 1770 g/mol. The fourth-order valence-electron chi connectivity index (χ4n) is 11.5. The number of aromatic nitrogens is 2. The van der Waals surface area contributed by atoms with E-state index in [1.165, 1.54) is 55.5 Å². The lowest BCUT2D eigenvalue weighted by molar-refractivity contribution is -0.141. The highest BCUT2D eigenvalue weighted by molar-refractivity contribution is 8.76. The lowest BCUT2D eigenvalue weighted by atomic mass is 9.97. The van der Waals surface area contributed by atoms with Gasteiger partial charge in [0, 0.05) is 62.3 Å². The van der Waals surface area contributed by atoms with Crippen LogP contribution >= 0.6 is 33.3 Å². The first-order chi connectivity index (χ1) is 57.9. The molecule has 15 amide bonds. The van der Waals surface area contributed by atoms with E-state index in [9.17, 15) is 87.2 Å². The van der Waals surface area contributed by atoms with Gasteiger partial charge >= 0.3 is 5.97 Å². The predicted octanol–water partition coefficient (Wildman–Crippen LogP) is -8.52. The van der Waals surface area contributed by atoms with Gasteiger partial charge in [0.25, 0.3) is 0 Å². The molecule has 0 bridgehead atoms. The summed E-state index contributed by atoms with van der Waals surface area (Å²) < 4.78 is 0. The molecule has 1 saturated heterocycles. The molecule has 0 radical (unpaired) electrons. The molecule has 0 unspecified atom stereocenters. The van der Waals surface area contributed by atoms with Crippen LogP contribution in [0, 0.1) is 22.1 Å². The molecule has 1 fully saturated rings. The zero-order valence-corrected chi connectivity index (χ0v) is 70.2. The molecule has 46 nitrogen and oxygen atoms in total. The lowest BCUT2D eigenvalue weighted by Gasteiger charge is -2.29. The molecule has 49 heteroatoms. The highest BCUT2D eigenvalue weighted by Crippen LogP contribution is 2.25. The van der Waals surface area contributed by atoms with Crippen molar-refractivity contribution in [2.24, 2.45) is 34.6 Å². The summed E-state index contributed by atoms with van der Waals surface area (Å²) in [5, 5.41) is 96.1. The Morgan fingerprint density at radius 1 is 0.590 bits per heavy atom. The van der Waals surface area contributed by atoms with Crippen LogP contribution in [0.1, 0.15) is 95.4 Å². The largest absolute Gasteiger partial charge is 0.508 e. The van der Waals surface area contributed by atoms with E-state index in [2.05, 4.69) is 100 Å². The number of aliphatic carboxylic acids is 1. The van der Waals surface area contributed by atoms with Crippen LogP contribution in [-0.4, -0.2) is 279 Å². The number of benzene rings is 2. The maximum absolute atomic E-state index is 15.1. The number of nitrogens with one attached hydrogen (secondary N) is 21. The summed E-state index contributed by atoms with van der Waals surface area (Å²) in [5.41, 5.74) is 29.5. The molecule has 4 rings (SSSR count). The Labute approximate surface area is 714 Å². The number of imidazole rings is 1. The quantitative estimate of drug-likeness (QED) is 0.0117. The van der Waals surface area contributed by atoms with Crippen molar-refractivity contribution in [2.75, 3.05) is 62.8 Å².